The first kappa shape index (κ1) is 20.0. The summed E-state index contributed by atoms with van der Waals surface area (Å²) in [5, 5.41) is 3.95. The predicted octanol–water partition coefficient (Wildman–Crippen LogP) is 1.24. The molecule has 3 N–H and O–H groups in total. The fourth-order valence-corrected chi connectivity index (χ4v) is 2.53. The van der Waals surface area contributed by atoms with E-state index in [0.717, 1.165) is 0 Å². The maximum Gasteiger partial charge on any atom is 0.284 e. The lowest BCUT2D eigenvalue weighted by Gasteiger charge is -2.24. The summed E-state index contributed by atoms with van der Waals surface area (Å²) >= 11 is 0. The van der Waals surface area contributed by atoms with Gasteiger partial charge in [-0.15, -0.1) is 0 Å². The fourth-order valence-electron chi connectivity index (χ4n) is 2.53. The average Bonchev–Trinajstić information content (AvgIpc) is 2.73. The molecule has 1 aliphatic heterocycles. The Kier molecular flexibility index (Phi) is 6.51. The highest BCUT2D eigenvalue weighted by Gasteiger charge is 2.26. The Balaban J connectivity index is 1.60. The first-order chi connectivity index (χ1) is 14.1. The van der Waals surface area contributed by atoms with Gasteiger partial charge in [0.15, 0.2) is 29.6 Å². The van der Waals surface area contributed by atoms with Crippen LogP contribution in [0.4, 0.5) is 0 Å². The maximum absolute atomic E-state index is 12.3. The van der Waals surface area contributed by atoms with Crippen molar-refractivity contribution in [3.05, 3.63) is 48.0 Å². The van der Waals surface area contributed by atoms with Crippen LogP contribution < -0.4 is 30.1 Å². The van der Waals surface area contributed by atoms with E-state index in [0.29, 0.717) is 35.2 Å². The van der Waals surface area contributed by atoms with Crippen molar-refractivity contribution in [3.63, 3.8) is 0 Å². The summed E-state index contributed by atoms with van der Waals surface area (Å²) in [4.78, 5) is 23.1. The highest BCUT2D eigenvalue weighted by molar-refractivity contribution is 5.85. The van der Waals surface area contributed by atoms with E-state index < -0.39 is 17.9 Å². The molecule has 152 valence electrons. The number of carbonyl (C=O) groups excluding carboxylic acids is 2. The number of rotatable bonds is 8. The van der Waals surface area contributed by atoms with Crippen molar-refractivity contribution in [2.45, 2.75) is 13.0 Å². The number of carbonyl (C=O) groups is 2. The second kappa shape index (κ2) is 9.45. The quantitative estimate of drug-likeness (QED) is 0.509. The smallest absolute Gasteiger partial charge is 0.284 e. The standard InChI is InChI=1S/C20H21N3O6/c1-2-26-17-9-13(7-8-15(17)28-12-19(21)24)10-22-23-20(25)18-11-27-14-5-3-4-6-16(14)29-18/h3-10,18H,2,11-12H2,1H3,(H2,21,24)(H,23,25)/t18-/m1/s1. The molecule has 0 bridgehead atoms. The summed E-state index contributed by atoms with van der Waals surface area (Å²) in [5.41, 5.74) is 8.18. The Morgan fingerprint density at radius 2 is 2.00 bits per heavy atom. The van der Waals surface area contributed by atoms with Crippen molar-refractivity contribution in [1.29, 1.82) is 0 Å². The van der Waals surface area contributed by atoms with E-state index in [1.165, 1.54) is 6.21 Å². The normalized spacial score (nSPS) is 15.0. The number of para-hydroxylation sites is 2. The van der Waals surface area contributed by atoms with Gasteiger partial charge >= 0.3 is 0 Å². The summed E-state index contributed by atoms with van der Waals surface area (Å²) in [6, 6.07) is 12.1. The van der Waals surface area contributed by atoms with Crippen LogP contribution in [-0.2, 0) is 9.59 Å². The van der Waals surface area contributed by atoms with Crippen LogP contribution in [0.1, 0.15) is 12.5 Å². The van der Waals surface area contributed by atoms with Crippen molar-refractivity contribution >= 4 is 18.0 Å². The molecule has 1 atom stereocenters. The number of hydrogen-bond donors (Lipinski definition) is 2. The van der Waals surface area contributed by atoms with Crippen LogP contribution in [0.3, 0.4) is 0 Å². The minimum atomic E-state index is -0.800. The highest BCUT2D eigenvalue weighted by Crippen LogP contribution is 2.31. The molecule has 29 heavy (non-hydrogen) atoms. The number of nitrogens with zero attached hydrogens (tertiary/aromatic N) is 1. The van der Waals surface area contributed by atoms with E-state index in [1.807, 2.05) is 13.0 Å². The molecule has 0 saturated carbocycles. The van der Waals surface area contributed by atoms with Gasteiger partial charge in [-0.1, -0.05) is 12.1 Å². The lowest BCUT2D eigenvalue weighted by Crippen LogP contribution is -2.42. The number of nitrogens with one attached hydrogen (secondary N) is 1. The summed E-state index contributed by atoms with van der Waals surface area (Å²) in [6.45, 7) is 2.07. The Morgan fingerprint density at radius 3 is 2.76 bits per heavy atom. The summed E-state index contributed by atoms with van der Waals surface area (Å²) in [7, 11) is 0. The third-order valence-corrected chi connectivity index (χ3v) is 3.83. The Bertz CT molecular complexity index is 915. The summed E-state index contributed by atoms with van der Waals surface area (Å²) < 4.78 is 22.0. The van der Waals surface area contributed by atoms with E-state index in [1.54, 1.807) is 36.4 Å². The van der Waals surface area contributed by atoms with Crippen molar-refractivity contribution in [3.8, 4) is 23.0 Å². The van der Waals surface area contributed by atoms with Gasteiger partial charge in [-0.3, -0.25) is 9.59 Å². The molecule has 1 aliphatic rings. The molecule has 2 aromatic rings. The number of amides is 2. The number of hydrazone groups is 1. The van der Waals surface area contributed by atoms with Gasteiger partial charge in [0.1, 0.15) is 6.61 Å². The lowest BCUT2D eigenvalue weighted by atomic mass is 10.2. The molecular weight excluding hydrogens is 378 g/mol. The molecule has 0 spiro atoms. The zero-order chi connectivity index (χ0) is 20.6. The molecular formula is C20H21N3O6. The van der Waals surface area contributed by atoms with Crippen molar-refractivity contribution in [2.24, 2.45) is 10.8 Å². The Morgan fingerprint density at radius 1 is 1.21 bits per heavy atom. The molecule has 0 radical (unpaired) electrons. The van der Waals surface area contributed by atoms with Crippen molar-refractivity contribution in [2.75, 3.05) is 19.8 Å². The number of hydrogen-bond acceptors (Lipinski definition) is 7. The Labute approximate surface area is 167 Å². The van der Waals surface area contributed by atoms with Gasteiger partial charge < -0.3 is 24.7 Å². The van der Waals surface area contributed by atoms with Gasteiger partial charge in [0.2, 0.25) is 6.10 Å². The zero-order valence-corrected chi connectivity index (χ0v) is 15.8. The van der Waals surface area contributed by atoms with E-state index in [2.05, 4.69) is 10.5 Å². The van der Waals surface area contributed by atoms with Crippen LogP contribution >= 0.6 is 0 Å². The van der Waals surface area contributed by atoms with Gasteiger partial charge in [0.25, 0.3) is 11.8 Å². The second-order valence-electron chi connectivity index (χ2n) is 5.99. The van der Waals surface area contributed by atoms with Crippen molar-refractivity contribution in [1.82, 2.24) is 5.43 Å². The topological polar surface area (TPSA) is 121 Å². The molecule has 9 nitrogen and oxygen atoms in total. The highest BCUT2D eigenvalue weighted by atomic mass is 16.6. The minimum absolute atomic E-state index is 0.0960. The Hall–Kier alpha value is -3.75. The first-order valence-corrected chi connectivity index (χ1v) is 8.96. The summed E-state index contributed by atoms with van der Waals surface area (Å²) in [5.74, 6) is 0.917. The number of nitrogens with two attached hydrogens (primary N) is 1. The monoisotopic (exact) mass is 399 g/mol. The number of fused-ring (bicyclic) bond motifs is 1. The molecule has 0 unspecified atom stereocenters. The molecule has 2 amide bonds. The number of primary amides is 1. The van der Waals surface area contributed by atoms with Gasteiger partial charge in [-0.25, -0.2) is 5.43 Å². The molecule has 1 heterocycles. The van der Waals surface area contributed by atoms with E-state index >= 15 is 0 Å². The van der Waals surface area contributed by atoms with E-state index in [4.69, 9.17) is 24.7 Å². The first-order valence-electron chi connectivity index (χ1n) is 8.96. The third kappa shape index (κ3) is 5.38. The van der Waals surface area contributed by atoms with Crippen LogP contribution in [0.15, 0.2) is 47.6 Å². The van der Waals surface area contributed by atoms with Crippen LogP contribution in [0.25, 0.3) is 0 Å². The maximum atomic E-state index is 12.3. The largest absolute Gasteiger partial charge is 0.490 e. The second-order valence-corrected chi connectivity index (χ2v) is 5.99. The van der Waals surface area contributed by atoms with Crippen LogP contribution in [0, 0.1) is 0 Å². The molecule has 0 aliphatic carbocycles. The molecule has 0 saturated heterocycles. The zero-order valence-electron chi connectivity index (χ0n) is 15.8. The average molecular weight is 399 g/mol. The van der Waals surface area contributed by atoms with E-state index in [-0.39, 0.29) is 13.2 Å². The van der Waals surface area contributed by atoms with Crippen molar-refractivity contribution < 1.29 is 28.5 Å². The molecule has 9 heteroatoms. The third-order valence-electron chi connectivity index (χ3n) is 3.83. The summed E-state index contributed by atoms with van der Waals surface area (Å²) in [6.07, 6.45) is 0.654. The molecule has 2 aromatic carbocycles. The van der Waals surface area contributed by atoms with E-state index in [9.17, 15) is 9.59 Å². The fraction of sp³-hybridized carbons (Fsp3) is 0.250. The molecule has 0 aromatic heterocycles. The lowest BCUT2D eigenvalue weighted by molar-refractivity contribution is -0.130. The van der Waals surface area contributed by atoms with Crippen LogP contribution in [-0.4, -0.2) is 44.0 Å². The predicted molar refractivity (Wildman–Crippen MR) is 104 cm³/mol. The van der Waals surface area contributed by atoms with Gasteiger partial charge in [-0.2, -0.15) is 5.10 Å². The number of ether oxygens (including phenoxy) is 4. The van der Waals surface area contributed by atoms with Gasteiger partial charge in [0.05, 0.1) is 12.8 Å². The number of benzene rings is 2. The van der Waals surface area contributed by atoms with Gasteiger partial charge in [0, 0.05) is 0 Å². The minimum Gasteiger partial charge on any atom is -0.490 e. The van der Waals surface area contributed by atoms with Gasteiger partial charge in [-0.05, 0) is 42.8 Å². The molecule has 3 rings (SSSR count). The SMILES string of the molecule is CCOc1cc(C=NNC(=O)[C@H]2COc3ccccc3O2)ccc1OCC(N)=O. The van der Waals surface area contributed by atoms with Crippen LogP contribution in [0.2, 0.25) is 0 Å². The van der Waals surface area contributed by atoms with Crippen LogP contribution in [0.5, 0.6) is 23.0 Å². The molecule has 0 fully saturated rings.